The summed E-state index contributed by atoms with van der Waals surface area (Å²) in [6, 6.07) is 0. The van der Waals surface area contributed by atoms with Gasteiger partial charge in [-0.1, -0.05) is 137 Å². The Morgan fingerprint density at radius 1 is 0.762 bits per heavy atom. The minimum atomic E-state index is -4.46. The number of esters is 2. The van der Waals surface area contributed by atoms with Crippen LogP contribution in [0.4, 0.5) is 0 Å². The Bertz CT molecular complexity index is 1510. The Hall–Kier alpha value is -3.22. The van der Waals surface area contributed by atoms with Gasteiger partial charge in [-0.05, 0) is 70.1 Å². The summed E-state index contributed by atoms with van der Waals surface area (Å²) in [5.41, 5.74) is 0. The number of nitrogens with zero attached hydrogens (tertiary/aromatic N) is 1. The molecule has 0 bridgehead atoms. The smallest absolute Gasteiger partial charge is 0.462 e. The Morgan fingerprint density at radius 3 is 1.94 bits per heavy atom. The van der Waals surface area contributed by atoms with Gasteiger partial charge in [0, 0.05) is 25.2 Å². The van der Waals surface area contributed by atoms with Crippen LogP contribution >= 0.6 is 7.82 Å². The molecule has 0 aromatic rings. The van der Waals surface area contributed by atoms with Crippen LogP contribution in [-0.2, 0) is 37.5 Å². The first-order valence-corrected chi connectivity index (χ1v) is 24.9. The number of phosphoric ester groups is 1. The van der Waals surface area contributed by atoms with Crippen molar-refractivity contribution < 1.29 is 57.1 Å². The summed E-state index contributed by atoms with van der Waals surface area (Å²) in [7, 11) is 1.29. The fraction of sp³-hybridized carbons (Fsp3) is 0.660. The van der Waals surface area contributed by atoms with Crippen LogP contribution in [0.1, 0.15) is 136 Å². The van der Waals surface area contributed by atoms with Crippen LogP contribution < -0.4 is 0 Å². The van der Waals surface area contributed by atoms with Crippen LogP contribution in [0.2, 0.25) is 0 Å². The average molecular weight is 905 g/mol. The van der Waals surface area contributed by atoms with E-state index in [0.717, 1.165) is 77.0 Å². The van der Waals surface area contributed by atoms with E-state index in [1.807, 2.05) is 33.3 Å². The number of quaternary nitrogens is 1. The molecule has 63 heavy (non-hydrogen) atoms. The molecule has 1 saturated carbocycles. The van der Waals surface area contributed by atoms with Gasteiger partial charge in [0.2, 0.25) is 0 Å². The molecule has 0 aliphatic heterocycles. The average Bonchev–Trinajstić information content (AvgIpc) is 3.50. The summed E-state index contributed by atoms with van der Waals surface area (Å²) in [6.45, 7) is 3.83. The number of hydrogen-bond donors (Lipinski definition) is 3. The van der Waals surface area contributed by atoms with Crippen LogP contribution in [0.3, 0.4) is 0 Å². The maximum atomic E-state index is 12.7. The normalized spacial score (nSPS) is 19.6. The van der Waals surface area contributed by atoms with E-state index in [0.29, 0.717) is 36.7 Å². The zero-order valence-electron chi connectivity index (χ0n) is 39.2. The van der Waals surface area contributed by atoms with Crippen molar-refractivity contribution in [2.45, 2.75) is 154 Å². The molecule has 0 aromatic heterocycles. The third-order valence-corrected chi connectivity index (χ3v) is 11.3. The molecule has 0 radical (unpaired) electrons. The molecule has 0 spiro atoms. The summed E-state index contributed by atoms with van der Waals surface area (Å²) in [5.74, 6) is -1.65. The molecular weight excluding hydrogens is 822 g/mol. The highest BCUT2D eigenvalue weighted by molar-refractivity contribution is 7.47. The SMILES string of the molecule is CC/C=C\C/C=C\C/C=C\C/C=C\C/C=C\C/C=C\CCC(=O)O[C@H](COC(=O)CCCCCC[C@H]1[C@@H](O)CC(=O)[C@@H]1/C=C/[C@@H](O)CCCCC)COP(=O)(O)OCC[N+](C)(C)C. The van der Waals surface area contributed by atoms with Crippen molar-refractivity contribution in [2.75, 3.05) is 47.5 Å². The van der Waals surface area contributed by atoms with Crippen molar-refractivity contribution in [1.29, 1.82) is 0 Å². The van der Waals surface area contributed by atoms with E-state index >= 15 is 0 Å². The molecule has 3 N–H and O–H groups in total. The van der Waals surface area contributed by atoms with Crippen LogP contribution in [0.5, 0.6) is 0 Å². The van der Waals surface area contributed by atoms with Gasteiger partial charge in [0.1, 0.15) is 25.5 Å². The lowest BCUT2D eigenvalue weighted by molar-refractivity contribution is -0.870. The monoisotopic (exact) mass is 905 g/mol. The number of phosphoric acid groups is 1. The number of unbranched alkanes of at least 4 members (excludes halogenated alkanes) is 5. The van der Waals surface area contributed by atoms with E-state index < -0.39 is 50.6 Å². The second-order valence-corrected chi connectivity index (χ2v) is 18.6. The molecule has 1 aliphatic carbocycles. The number of allylic oxidation sites excluding steroid dienone is 13. The van der Waals surface area contributed by atoms with Gasteiger partial charge < -0.3 is 29.1 Å². The largest absolute Gasteiger partial charge is 0.472 e. The zero-order valence-corrected chi connectivity index (χ0v) is 40.1. The first kappa shape index (κ1) is 57.8. The lowest BCUT2D eigenvalue weighted by Crippen LogP contribution is -2.37. The van der Waals surface area contributed by atoms with Crippen molar-refractivity contribution >= 4 is 25.5 Å². The minimum absolute atomic E-state index is 0.000658. The van der Waals surface area contributed by atoms with Crippen LogP contribution in [0, 0.1) is 11.8 Å². The quantitative estimate of drug-likeness (QED) is 0.0179. The fourth-order valence-corrected chi connectivity index (χ4v) is 7.39. The fourth-order valence-electron chi connectivity index (χ4n) is 6.65. The molecule has 1 fully saturated rings. The number of aliphatic hydroxyl groups is 2. The molecule has 1 unspecified atom stereocenters. The molecule has 358 valence electrons. The number of hydrogen-bond acceptors (Lipinski definition) is 10. The van der Waals surface area contributed by atoms with Crippen molar-refractivity contribution in [3.63, 3.8) is 0 Å². The number of likely N-dealkylation sites (N-methyl/N-ethyl adjacent to an activating group) is 1. The number of carbonyl (C=O) groups excluding carboxylic acids is 3. The molecule has 1 aliphatic rings. The van der Waals surface area contributed by atoms with Crippen LogP contribution in [-0.4, -0.2) is 103 Å². The number of rotatable bonds is 37. The lowest BCUT2D eigenvalue weighted by Gasteiger charge is -2.24. The van der Waals surface area contributed by atoms with Crippen molar-refractivity contribution in [3.8, 4) is 0 Å². The molecule has 0 saturated heterocycles. The first-order valence-electron chi connectivity index (χ1n) is 23.4. The van der Waals surface area contributed by atoms with Crippen LogP contribution in [0.25, 0.3) is 0 Å². The number of ketones is 1. The molecule has 12 nitrogen and oxygen atoms in total. The maximum absolute atomic E-state index is 12.7. The van der Waals surface area contributed by atoms with Gasteiger partial charge >= 0.3 is 19.8 Å². The molecule has 13 heteroatoms. The summed E-state index contributed by atoms with van der Waals surface area (Å²) in [5, 5.41) is 20.8. The van der Waals surface area contributed by atoms with Gasteiger partial charge in [0.05, 0.1) is 40.0 Å². The number of ether oxygens (including phenoxy) is 2. The van der Waals surface area contributed by atoms with Crippen molar-refractivity contribution in [2.24, 2.45) is 11.8 Å². The summed E-state index contributed by atoms with van der Waals surface area (Å²) in [6.07, 6.45) is 39.8. The highest BCUT2D eigenvalue weighted by Crippen LogP contribution is 2.43. The number of Topliss-reactive ketones (excluding diaryl/α,β-unsaturated/α-hetero) is 1. The molecule has 0 heterocycles. The number of carbonyl (C=O) groups is 3. The highest BCUT2D eigenvalue weighted by Gasteiger charge is 2.39. The Morgan fingerprint density at radius 2 is 1.35 bits per heavy atom. The summed E-state index contributed by atoms with van der Waals surface area (Å²) in [4.78, 5) is 48.2. The molecule has 0 aromatic carbocycles. The predicted octanol–water partition coefficient (Wildman–Crippen LogP) is 10.2. The van der Waals surface area contributed by atoms with E-state index in [2.05, 4.69) is 74.6 Å². The van der Waals surface area contributed by atoms with Gasteiger partial charge in [-0.25, -0.2) is 4.57 Å². The maximum Gasteiger partial charge on any atom is 0.472 e. The summed E-state index contributed by atoms with van der Waals surface area (Å²) >= 11 is 0. The van der Waals surface area contributed by atoms with Gasteiger partial charge in [0.15, 0.2) is 6.10 Å². The molecule has 0 amide bonds. The van der Waals surface area contributed by atoms with Gasteiger partial charge in [-0.15, -0.1) is 0 Å². The van der Waals surface area contributed by atoms with Gasteiger partial charge in [-0.2, -0.15) is 0 Å². The van der Waals surface area contributed by atoms with Crippen molar-refractivity contribution in [1.82, 2.24) is 0 Å². The second-order valence-electron chi connectivity index (χ2n) is 17.2. The second kappa shape index (κ2) is 36.1. The standard InChI is InChI=1S/C50H82NO11P/c1-6-8-10-11-12-13-14-15-16-17-18-19-20-21-22-23-24-25-31-35-50(56)62-44(42-61-63(57,58)60-39-38-51(3,4)5)41-59-49(55)34-30-27-26-29-33-45-46(48(54)40-47(45)53)37-36-43(52)32-28-9-7-2/h8,10,12-13,15-16,18-19,21-22,24-25,36-37,43-47,52-53H,6-7,9,11,14,17,20,23,26-35,38-42H2,1-5H3/p+1/b10-8-,13-12-,16-15-,19-18-,22-21-,25-24-,37-36+/t43-,44+,45+,46+,47-/m0/s1. The van der Waals surface area contributed by atoms with E-state index in [1.165, 1.54) is 0 Å². The molecule has 6 atom stereocenters. The van der Waals surface area contributed by atoms with Crippen molar-refractivity contribution in [3.05, 3.63) is 85.1 Å². The van der Waals surface area contributed by atoms with E-state index in [4.69, 9.17) is 18.5 Å². The predicted molar refractivity (Wildman–Crippen MR) is 253 cm³/mol. The number of aliphatic hydroxyl groups excluding tert-OH is 2. The van der Waals surface area contributed by atoms with E-state index in [-0.39, 0.29) is 44.2 Å². The van der Waals surface area contributed by atoms with Gasteiger partial charge in [-0.3, -0.25) is 23.4 Å². The van der Waals surface area contributed by atoms with Gasteiger partial charge in [0.25, 0.3) is 0 Å². The molecule has 1 rings (SSSR count). The highest BCUT2D eigenvalue weighted by atomic mass is 31.2. The third kappa shape index (κ3) is 33.0. The Balaban J connectivity index is 2.51. The Labute approximate surface area is 380 Å². The lowest BCUT2D eigenvalue weighted by atomic mass is 9.88. The zero-order chi connectivity index (χ0) is 46.6. The van der Waals surface area contributed by atoms with Crippen LogP contribution in [0.15, 0.2) is 85.1 Å². The topological polar surface area (TPSA) is 166 Å². The third-order valence-electron chi connectivity index (χ3n) is 10.3. The molecular formula is C50H83NO11P+. The Kier molecular flexibility index (Phi) is 33.1. The van der Waals surface area contributed by atoms with E-state index in [1.54, 1.807) is 12.2 Å². The minimum Gasteiger partial charge on any atom is -0.462 e. The summed E-state index contributed by atoms with van der Waals surface area (Å²) < 4.78 is 34.2. The van der Waals surface area contributed by atoms with E-state index in [9.17, 15) is 34.1 Å². The first-order chi connectivity index (χ1) is 30.2.